The third-order valence-electron chi connectivity index (χ3n) is 1.19. The highest BCUT2D eigenvalue weighted by atomic mass is 35.5. The summed E-state index contributed by atoms with van der Waals surface area (Å²) in [4.78, 5) is 0. The van der Waals surface area contributed by atoms with Crippen LogP contribution >= 0.6 is 12.4 Å². The fourth-order valence-electron chi connectivity index (χ4n) is 0.626. The lowest BCUT2D eigenvalue weighted by atomic mass is 10.2. The summed E-state index contributed by atoms with van der Waals surface area (Å²) in [5.41, 5.74) is 5.41. The van der Waals surface area contributed by atoms with Crippen LogP contribution in [0.3, 0.4) is 0 Å². The molecule has 2 atom stereocenters. The predicted molar refractivity (Wildman–Crippen MR) is 35.3 cm³/mol. The minimum atomic E-state index is -0.615. The Labute approximate surface area is 59.6 Å². The Hall–Kier alpha value is 0.130. The second kappa shape index (κ2) is 4.03. The van der Waals surface area contributed by atoms with Crippen LogP contribution in [0.2, 0.25) is 0 Å². The smallest absolute Gasteiger partial charge is 0.0950 e. The van der Waals surface area contributed by atoms with Crippen molar-refractivity contribution in [2.75, 3.05) is 13.1 Å². The van der Waals surface area contributed by atoms with Crippen LogP contribution in [0.1, 0.15) is 0 Å². The summed E-state index contributed by atoms with van der Waals surface area (Å²) in [7, 11) is 0. The van der Waals surface area contributed by atoms with E-state index in [4.69, 9.17) is 10.2 Å². The van der Waals surface area contributed by atoms with Gasteiger partial charge in [-0.3, -0.25) is 10.9 Å². The SMILES string of the molecule is Cl.O[C@@H]1CNNC[C@@H]1O. The van der Waals surface area contributed by atoms with Crippen molar-refractivity contribution >= 4 is 12.4 Å². The number of rotatable bonds is 0. The molecular formula is C4H11ClN2O2. The Morgan fingerprint density at radius 3 is 1.56 bits per heavy atom. The molecule has 0 amide bonds. The maximum Gasteiger partial charge on any atom is 0.0950 e. The van der Waals surface area contributed by atoms with E-state index in [2.05, 4.69) is 10.9 Å². The number of aliphatic hydroxyl groups excluding tert-OH is 2. The number of hydrazine groups is 1. The van der Waals surface area contributed by atoms with E-state index in [-0.39, 0.29) is 12.4 Å². The van der Waals surface area contributed by atoms with Crippen LogP contribution in [0, 0.1) is 0 Å². The summed E-state index contributed by atoms with van der Waals surface area (Å²) in [5, 5.41) is 17.7. The van der Waals surface area contributed by atoms with Gasteiger partial charge in [-0.1, -0.05) is 0 Å². The third kappa shape index (κ3) is 2.47. The molecule has 0 spiro atoms. The molecule has 4 N–H and O–H groups in total. The third-order valence-corrected chi connectivity index (χ3v) is 1.19. The molecule has 0 unspecified atom stereocenters. The first-order valence-electron chi connectivity index (χ1n) is 2.62. The van der Waals surface area contributed by atoms with Crippen LogP contribution in [0.4, 0.5) is 0 Å². The van der Waals surface area contributed by atoms with Crippen LogP contribution in [0.15, 0.2) is 0 Å². The highest BCUT2D eigenvalue weighted by molar-refractivity contribution is 5.85. The van der Waals surface area contributed by atoms with Gasteiger partial charge >= 0.3 is 0 Å². The summed E-state index contributed by atoms with van der Waals surface area (Å²) in [6.07, 6.45) is -1.23. The fraction of sp³-hybridized carbons (Fsp3) is 1.00. The van der Waals surface area contributed by atoms with E-state index in [1.54, 1.807) is 0 Å². The lowest BCUT2D eigenvalue weighted by Crippen LogP contribution is -2.54. The molecule has 0 radical (unpaired) electrons. The van der Waals surface area contributed by atoms with Gasteiger partial charge in [-0.15, -0.1) is 12.4 Å². The van der Waals surface area contributed by atoms with Crippen LogP contribution < -0.4 is 10.9 Å². The van der Waals surface area contributed by atoms with Crippen molar-refractivity contribution in [2.45, 2.75) is 12.2 Å². The molecule has 0 aromatic carbocycles. The van der Waals surface area contributed by atoms with E-state index >= 15 is 0 Å². The second-order valence-corrected chi connectivity index (χ2v) is 1.90. The van der Waals surface area contributed by atoms with Crippen LogP contribution in [0.25, 0.3) is 0 Å². The van der Waals surface area contributed by atoms with Gasteiger partial charge in [0.15, 0.2) is 0 Å². The van der Waals surface area contributed by atoms with Gasteiger partial charge in [-0.2, -0.15) is 0 Å². The Morgan fingerprint density at radius 2 is 1.33 bits per heavy atom. The molecule has 1 saturated heterocycles. The van der Waals surface area contributed by atoms with Gasteiger partial charge in [0.1, 0.15) is 0 Å². The molecular weight excluding hydrogens is 144 g/mol. The zero-order chi connectivity index (χ0) is 5.98. The van der Waals surface area contributed by atoms with Gasteiger partial charge in [0, 0.05) is 13.1 Å². The highest BCUT2D eigenvalue weighted by Crippen LogP contribution is 1.92. The van der Waals surface area contributed by atoms with Gasteiger partial charge in [0.2, 0.25) is 0 Å². The normalized spacial score (nSPS) is 35.3. The molecule has 0 aromatic heterocycles. The fourth-order valence-corrected chi connectivity index (χ4v) is 0.626. The molecule has 1 rings (SSSR count). The van der Waals surface area contributed by atoms with Crippen LogP contribution in [-0.2, 0) is 0 Å². The van der Waals surface area contributed by atoms with Gasteiger partial charge in [0.25, 0.3) is 0 Å². The average Bonchev–Trinajstić information content (AvgIpc) is 1.77. The molecule has 4 nitrogen and oxygen atoms in total. The molecule has 0 saturated carbocycles. The molecule has 56 valence electrons. The van der Waals surface area contributed by atoms with E-state index in [9.17, 15) is 0 Å². The van der Waals surface area contributed by atoms with E-state index in [0.717, 1.165) is 0 Å². The van der Waals surface area contributed by atoms with E-state index in [1.165, 1.54) is 0 Å². The molecule has 5 heteroatoms. The number of halogens is 1. The number of β-amino-alcohol motifs (C(OH)–C–C–N with tert-alkyl or cyclic N) is 2. The van der Waals surface area contributed by atoms with Gasteiger partial charge in [-0.05, 0) is 0 Å². The molecule has 0 aromatic rings. The molecule has 1 heterocycles. The standard InChI is InChI=1S/C4H10N2O2.ClH/c7-3-1-5-6-2-4(3)8;/h3-8H,1-2H2;1H/t3-,4+;. The van der Waals surface area contributed by atoms with Crippen molar-refractivity contribution in [2.24, 2.45) is 0 Å². The van der Waals surface area contributed by atoms with Gasteiger partial charge < -0.3 is 10.2 Å². The summed E-state index contributed by atoms with van der Waals surface area (Å²) >= 11 is 0. The maximum absolute atomic E-state index is 8.83. The van der Waals surface area contributed by atoms with Crippen molar-refractivity contribution in [1.82, 2.24) is 10.9 Å². The van der Waals surface area contributed by atoms with Gasteiger partial charge in [0.05, 0.1) is 12.2 Å². The Bertz CT molecular complexity index is 73.0. The summed E-state index contributed by atoms with van der Waals surface area (Å²) in [5.74, 6) is 0. The Kier molecular flexibility index (Phi) is 4.09. The zero-order valence-electron chi connectivity index (χ0n) is 4.87. The maximum atomic E-state index is 8.83. The lowest BCUT2D eigenvalue weighted by Gasteiger charge is -2.24. The van der Waals surface area contributed by atoms with Crippen molar-refractivity contribution in [3.05, 3.63) is 0 Å². The second-order valence-electron chi connectivity index (χ2n) is 1.90. The number of nitrogens with one attached hydrogen (secondary N) is 2. The van der Waals surface area contributed by atoms with Gasteiger partial charge in [-0.25, -0.2) is 0 Å². The van der Waals surface area contributed by atoms with E-state index < -0.39 is 12.2 Å². The highest BCUT2D eigenvalue weighted by Gasteiger charge is 2.18. The molecule has 1 aliphatic heterocycles. The molecule has 1 aliphatic rings. The summed E-state index contributed by atoms with van der Waals surface area (Å²) in [6, 6.07) is 0. The number of aliphatic hydroxyl groups is 2. The predicted octanol–water partition coefficient (Wildman–Crippen LogP) is -1.76. The average molecular weight is 155 g/mol. The first-order valence-corrected chi connectivity index (χ1v) is 2.62. The topological polar surface area (TPSA) is 64.5 Å². The van der Waals surface area contributed by atoms with E-state index in [0.29, 0.717) is 13.1 Å². The minimum Gasteiger partial charge on any atom is -0.389 e. The van der Waals surface area contributed by atoms with Crippen molar-refractivity contribution in [3.63, 3.8) is 0 Å². The molecule has 1 fully saturated rings. The lowest BCUT2D eigenvalue weighted by molar-refractivity contribution is -0.00233. The molecule has 0 aliphatic carbocycles. The number of hydrogen-bond acceptors (Lipinski definition) is 4. The van der Waals surface area contributed by atoms with Crippen LogP contribution in [-0.4, -0.2) is 35.5 Å². The largest absolute Gasteiger partial charge is 0.389 e. The first kappa shape index (κ1) is 9.13. The Morgan fingerprint density at radius 1 is 1.00 bits per heavy atom. The van der Waals surface area contributed by atoms with Crippen molar-refractivity contribution < 1.29 is 10.2 Å². The summed E-state index contributed by atoms with van der Waals surface area (Å²) < 4.78 is 0. The zero-order valence-corrected chi connectivity index (χ0v) is 5.69. The molecule has 0 bridgehead atoms. The Balaban J connectivity index is 0.000000640. The quantitative estimate of drug-likeness (QED) is 0.334. The number of hydrogen-bond donors (Lipinski definition) is 4. The minimum absolute atomic E-state index is 0. The van der Waals surface area contributed by atoms with Crippen molar-refractivity contribution in [3.8, 4) is 0 Å². The van der Waals surface area contributed by atoms with E-state index in [1.807, 2.05) is 0 Å². The summed E-state index contributed by atoms with van der Waals surface area (Å²) in [6.45, 7) is 0.836. The van der Waals surface area contributed by atoms with Crippen LogP contribution in [0.5, 0.6) is 0 Å². The first-order chi connectivity index (χ1) is 3.80. The van der Waals surface area contributed by atoms with Crippen molar-refractivity contribution in [1.29, 1.82) is 0 Å². The molecule has 9 heavy (non-hydrogen) atoms. The monoisotopic (exact) mass is 154 g/mol.